The normalized spacial score (nSPS) is 11.6. The fourth-order valence-corrected chi connectivity index (χ4v) is 2.59. The topological polar surface area (TPSA) is 106 Å². The van der Waals surface area contributed by atoms with Crippen molar-refractivity contribution in [1.29, 1.82) is 0 Å². The molecule has 0 fully saturated rings. The molecule has 0 atom stereocenters. The lowest BCUT2D eigenvalue weighted by atomic mass is 10.1. The zero-order valence-electron chi connectivity index (χ0n) is 16.2. The van der Waals surface area contributed by atoms with Crippen LogP contribution < -0.4 is 11.0 Å². The van der Waals surface area contributed by atoms with E-state index in [1.165, 1.54) is 36.1 Å². The lowest BCUT2D eigenvalue weighted by Gasteiger charge is -2.04. The predicted octanol–water partition coefficient (Wildman–Crippen LogP) is 1.91. The highest BCUT2D eigenvalue weighted by molar-refractivity contribution is 6.00. The number of esters is 1. The van der Waals surface area contributed by atoms with Gasteiger partial charge in [0.1, 0.15) is 5.82 Å². The molecule has 1 amide bonds. The van der Waals surface area contributed by atoms with Gasteiger partial charge in [-0.25, -0.2) is 14.5 Å². The van der Waals surface area contributed by atoms with Crippen molar-refractivity contribution in [3.63, 3.8) is 0 Å². The molecule has 28 heavy (non-hydrogen) atoms. The molecule has 0 saturated carbocycles. The number of H-pyrrole nitrogens is 1. The smallest absolute Gasteiger partial charge is 0.311 e. The van der Waals surface area contributed by atoms with Gasteiger partial charge in [-0.3, -0.25) is 19.5 Å². The van der Waals surface area contributed by atoms with Gasteiger partial charge in [-0.05, 0) is 37.1 Å². The molecule has 0 saturated heterocycles. The molecule has 1 heterocycles. The highest BCUT2D eigenvalue weighted by Crippen LogP contribution is 2.11. The van der Waals surface area contributed by atoms with E-state index in [2.05, 4.69) is 20.4 Å². The van der Waals surface area contributed by atoms with Gasteiger partial charge in [0.25, 0.3) is 5.56 Å². The van der Waals surface area contributed by atoms with Crippen LogP contribution in [0.25, 0.3) is 5.69 Å². The van der Waals surface area contributed by atoms with E-state index in [1.54, 1.807) is 6.92 Å². The Morgan fingerprint density at radius 2 is 1.93 bits per heavy atom. The quantitative estimate of drug-likeness (QED) is 0.428. The van der Waals surface area contributed by atoms with Crippen molar-refractivity contribution in [2.75, 3.05) is 7.11 Å². The predicted molar refractivity (Wildman–Crippen MR) is 102 cm³/mol. The fourth-order valence-electron chi connectivity index (χ4n) is 2.59. The number of amides is 1. The first-order chi connectivity index (χ1) is 13.2. The van der Waals surface area contributed by atoms with E-state index in [-0.39, 0.29) is 35.2 Å². The first-order valence-electron chi connectivity index (χ1n) is 8.73. The number of nitrogens with zero attached hydrogens (tertiary/aromatic N) is 2. The number of carbonyl (C=O) groups is 2. The Morgan fingerprint density at radius 3 is 2.50 bits per heavy atom. The minimum Gasteiger partial charge on any atom is -0.469 e. The molecule has 2 rings (SSSR count). The highest BCUT2D eigenvalue weighted by atomic mass is 19.1. The molecular weight excluding hydrogens is 367 g/mol. The monoisotopic (exact) mass is 390 g/mol. The maximum Gasteiger partial charge on any atom is 0.311 e. The summed E-state index contributed by atoms with van der Waals surface area (Å²) in [5.74, 6) is -1.11. The van der Waals surface area contributed by atoms with E-state index in [0.29, 0.717) is 12.1 Å². The van der Waals surface area contributed by atoms with Gasteiger partial charge in [-0.2, -0.15) is 5.10 Å². The summed E-state index contributed by atoms with van der Waals surface area (Å²) in [6.45, 7) is 5.35. The van der Waals surface area contributed by atoms with Crippen molar-refractivity contribution in [3.8, 4) is 5.69 Å². The number of hydrogen-bond donors (Lipinski definition) is 2. The van der Waals surface area contributed by atoms with Gasteiger partial charge in [0.15, 0.2) is 0 Å². The number of benzene rings is 1. The molecule has 2 aromatic rings. The Kier molecular flexibility index (Phi) is 6.86. The zero-order chi connectivity index (χ0) is 20.8. The summed E-state index contributed by atoms with van der Waals surface area (Å²) in [6.07, 6.45) is 0.0980. The van der Waals surface area contributed by atoms with E-state index >= 15 is 0 Å². The number of aromatic nitrogens is 2. The molecule has 0 bridgehead atoms. The third-order valence-electron chi connectivity index (χ3n) is 3.90. The molecule has 0 aliphatic heterocycles. The van der Waals surface area contributed by atoms with Crippen molar-refractivity contribution >= 4 is 17.6 Å². The maximum absolute atomic E-state index is 13.2. The summed E-state index contributed by atoms with van der Waals surface area (Å²) < 4.78 is 19.0. The van der Waals surface area contributed by atoms with Gasteiger partial charge in [0, 0.05) is 6.42 Å². The summed E-state index contributed by atoms with van der Waals surface area (Å²) in [5, 5.41) is 6.83. The van der Waals surface area contributed by atoms with Gasteiger partial charge in [0.05, 0.1) is 36.2 Å². The number of hydrazone groups is 1. The lowest BCUT2D eigenvalue weighted by Crippen LogP contribution is -2.24. The summed E-state index contributed by atoms with van der Waals surface area (Å²) in [6, 6.07) is 5.29. The van der Waals surface area contributed by atoms with Crippen LogP contribution in [0.1, 0.15) is 38.4 Å². The second kappa shape index (κ2) is 9.12. The Balaban J connectivity index is 2.45. The summed E-state index contributed by atoms with van der Waals surface area (Å²) in [4.78, 5) is 36.5. The Bertz CT molecular complexity index is 942. The van der Waals surface area contributed by atoms with Crippen molar-refractivity contribution in [2.45, 2.75) is 33.6 Å². The summed E-state index contributed by atoms with van der Waals surface area (Å²) in [5.41, 5.74) is 2.97. The average Bonchev–Trinajstić information content (AvgIpc) is 2.95. The van der Waals surface area contributed by atoms with E-state index in [9.17, 15) is 18.8 Å². The van der Waals surface area contributed by atoms with Crippen LogP contribution in [0.5, 0.6) is 0 Å². The average molecular weight is 390 g/mol. The van der Waals surface area contributed by atoms with E-state index < -0.39 is 17.3 Å². The molecule has 2 N–H and O–H groups in total. The van der Waals surface area contributed by atoms with E-state index in [0.717, 1.165) is 0 Å². The second-order valence-corrected chi connectivity index (χ2v) is 6.67. The highest BCUT2D eigenvalue weighted by Gasteiger charge is 2.20. The SMILES string of the molecule is COC(=O)Cc1[nH]n(-c2ccc(F)cc2)c(=O)c1C(C)=NNC(=O)CC(C)C. The summed E-state index contributed by atoms with van der Waals surface area (Å²) in [7, 11) is 1.24. The van der Waals surface area contributed by atoms with Gasteiger partial charge >= 0.3 is 5.97 Å². The molecule has 0 spiro atoms. The van der Waals surface area contributed by atoms with Crippen LogP contribution in [0.4, 0.5) is 4.39 Å². The Labute approximate surface area is 161 Å². The van der Waals surface area contributed by atoms with Crippen LogP contribution in [0, 0.1) is 11.7 Å². The van der Waals surface area contributed by atoms with Crippen molar-refractivity contribution < 1.29 is 18.7 Å². The number of rotatable bonds is 7. The van der Waals surface area contributed by atoms with Crippen molar-refractivity contribution in [1.82, 2.24) is 15.2 Å². The third-order valence-corrected chi connectivity index (χ3v) is 3.90. The number of carbonyl (C=O) groups excluding carboxylic acids is 2. The Hall–Kier alpha value is -3.23. The number of hydrogen-bond acceptors (Lipinski definition) is 5. The zero-order valence-corrected chi connectivity index (χ0v) is 16.2. The van der Waals surface area contributed by atoms with Gasteiger partial charge in [0.2, 0.25) is 5.91 Å². The summed E-state index contributed by atoms with van der Waals surface area (Å²) >= 11 is 0. The first kappa shape index (κ1) is 21.1. The van der Waals surface area contributed by atoms with Crippen LogP contribution in [-0.2, 0) is 20.7 Å². The minimum atomic E-state index is -0.551. The van der Waals surface area contributed by atoms with Crippen molar-refractivity contribution in [2.24, 2.45) is 11.0 Å². The van der Waals surface area contributed by atoms with Gasteiger partial charge in [-0.15, -0.1) is 0 Å². The number of halogens is 1. The van der Waals surface area contributed by atoms with Crippen LogP contribution in [0.3, 0.4) is 0 Å². The molecule has 8 nitrogen and oxygen atoms in total. The molecule has 0 radical (unpaired) electrons. The maximum atomic E-state index is 13.2. The number of ether oxygens (including phenoxy) is 1. The Morgan fingerprint density at radius 1 is 1.29 bits per heavy atom. The molecule has 0 aliphatic rings. The van der Waals surface area contributed by atoms with Crippen molar-refractivity contribution in [3.05, 3.63) is 51.7 Å². The van der Waals surface area contributed by atoms with E-state index in [4.69, 9.17) is 0 Å². The lowest BCUT2D eigenvalue weighted by molar-refractivity contribution is -0.139. The number of nitrogens with one attached hydrogen (secondary N) is 2. The standard InChI is InChI=1S/C19H23FN4O4/c1-11(2)9-16(25)22-21-12(3)18-15(10-17(26)28-4)23-24(19(18)27)14-7-5-13(20)6-8-14/h5-8,11,23H,9-10H2,1-4H3,(H,22,25). The van der Waals surface area contributed by atoms with Gasteiger partial charge < -0.3 is 4.74 Å². The van der Waals surface area contributed by atoms with Gasteiger partial charge in [-0.1, -0.05) is 13.8 Å². The van der Waals surface area contributed by atoms with Crippen LogP contribution in [0.15, 0.2) is 34.2 Å². The van der Waals surface area contributed by atoms with Crippen LogP contribution >= 0.6 is 0 Å². The molecule has 150 valence electrons. The molecular formula is C19H23FN4O4. The second-order valence-electron chi connectivity index (χ2n) is 6.67. The molecule has 9 heteroatoms. The van der Waals surface area contributed by atoms with E-state index in [1.807, 2.05) is 13.8 Å². The molecule has 1 aromatic carbocycles. The number of methoxy groups -OCH3 is 1. The van der Waals surface area contributed by atoms with Crippen LogP contribution in [-0.4, -0.2) is 34.5 Å². The van der Waals surface area contributed by atoms with Crippen LogP contribution in [0.2, 0.25) is 0 Å². The molecule has 1 aromatic heterocycles. The third kappa shape index (κ3) is 5.15. The fraction of sp³-hybridized carbons (Fsp3) is 0.368. The molecule has 0 aliphatic carbocycles. The minimum absolute atomic E-state index is 0.138. The molecule has 0 unspecified atom stereocenters. The largest absolute Gasteiger partial charge is 0.469 e. The first-order valence-corrected chi connectivity index (χ1v) is 8.73. The number of aromatic amines is 1.